The van der Waals surface area contributed by atoms with Crippen LogP contribution >= 0.6 is 23.8 Å². The van der Waals surface area contributed by atoms with Crippen molar-refractivity contribution in [1.29, 1.82) is 0 Å². The van der Waals surface area contributed by atoms with Gasteiger partial charge in [0, 0.05) is 12.6 Å². The maximum absolute atomic E-state index is 11.9. The fraction of sp³-hybridized carbons (Fsp3) is 0.444. The predicted molar refractivity (Wildman–Crippen MR) is 110 cm³/mol. The van der Waals surface area contributed by atoms with Crippen molar-refractivity contribution in [2.24, 2.45) is 5.92 Å². The number of hydrogen-bond acceptors (Lipinski definition) is 4. The smallest absolute Gasteiger partial charge is 0.262 e. The van der Waals surface area contributed by atoms with Gasteiger partial charge in [0.25, 0.3) is 5.91 Å². The number of nitrogens with one attached hydrogen (secondary N) is 3. The predicted octanol–water partition coefficient (Wildman–Crippen LogP) is 3.30. The highest BCUT2D eigenvalue weighted by Crippen LogP contribution is 2.36. The molecular formula is C18H26ClN3O3S. The van der Waals surface area contributed by atoms with Gasteiger partial charge < -0.3 is 14.8 Å². The number of ether oxygens (including phenoxy) is 2. The van der Waals surface area contributed by atoms with Crippen LogP contribution in [0.3, 0.4) is 0 Å². The quantitative estimate of drug-likeness (QED) is 0.354. The van der Waals surface area contributed by atoms with E-state index in [0.717, 1.165) is 13.0 Å². The standard InChI is InChI=1S/C18H26ClN3O3S/c1-5-25-17-14(19)10-13(11-15(17)24-4)6-7-16(23)21-22-18(26)20-9-8-12(2)3/h6-7,10-12H,5,8-9H2,1-4H3,(H,21,23)(H2,20,22,26)/b7-6+. The van der Waals surface area contributed by atoms with Gasteiger partial charge in [-0.15, -0.1) is 0 Å². The summed E-state index contributed by atoms with van der Waals surface area (Å²) in [7, 11) is 1.53. The van der Waals surface area contributed by atoms with Crippen LogP contribution in [-0.2, 0) is 4.79 Å². The molecule has 1 aromatic rings. The van der Waals surface area contributed by atoms with Gasteiger partial charge in [-0.3, -0.25) is 15.6 Å². The lowest BCUT2D eigenvalue weighted by atomic mass is 10.1. The van der Waals surface area contributed by atoms with E-state index in [1.807, 2.05) is 6.92 Å². The van der Waals surface area contributed by atoms with Crippen molar-refractivity contribution in [3.8, 4) is 11.5 Å². The van der Waals surface area contributed by atoms with Crippen LogP contribution in [0.15, 0.2) is 18.2 Å². The van der Waals surface area contributed by atoms with Crippen LogP contribution in [0.1, 0.15) is 32.8 Å². The van der Waals surface area contributed by atoms with Crippen molar-refractivity contribution >= 4 is 40.9 Å². The zero-order valence-electron chi connectivity index (χ0n) is 15.5. The van der Waals surface area contributed by atoms with Crippen molar-refractivity contribution in [3.05, 3.63) is 28.8 Å². The Balaban J connectivity index is 2.57. The van der Waals surface area contributed by atoms with Crippen molar-refractivity contribution in [1.82, 2.24) is 16.2 Å². The Kier molecular flexibility index (Phi) is 9.83. The molecule has 0 radical (unpaired) electrons. The minimum Gasteiger partial charge on any atom is -0.493 e. The second-order valence-corrected chi connectivity index (χ2v) is 6.67. The molecule has 0 unspecified atom stereocenters. The van der Waals surface area contributed by atoms with Gasteiger partial charge in [0.2, 0.25) is 0 Å². The Hall–Kier alpha value is -1.99. The molecule has 1 rings (SSSR count). The number of thiocarbonyl (C=S) groups is 1. The molecule has 0 bridgehead atoms. The number of hydrogen-bond donors (Lipinski definition) is 3. The highest BCUT2D eigenvalue weighted by molar-refractivity contribution is 7.80. The molecule has 0 spiro atoms. The highest BCUT2D eigenvalue weighted by Gasteiger charge is 2.10. The third-order valence-electron chi connectivity index (χ3n) is 3.27. The first-order valence-electron chi connectivity index (χ1n) is 8.39. The molecule has 6 nitrogen and oxygen atoms in total. The number of carbonyl (C=O) groups excluding carboxylic acids is 1. The molecule has 144 valence electrons. The van der Waals surface area contributed by atoms with Gasteiger partial charge >= 0.3 is 0 Å². The Labute approximate surface area is 165 Å². The first-order chi connectivity index (χ1) is 12.4. The number of halogens is 1. The first-order valence-corrected chi connectivity index (χ1v) is 9.18. The summed E-state index contributed by atoms with van der Waals surface area (Å²) in [5, 5.41) is 3.81. The molecule has 0 saturated carbocycles. The molecule has 0 heterocycles. The number of methoxy groups -OCH3 is 1. The maximum atomic E-state index is 11.9. The SMILES string of the molecule is CCOc1c(Cl)cc(/C=C/C(=O)NNC(=S)NCCC(C)C)cc1OC. The van der Waals surface area contributed by atoms with Gasteiger partial charge in [-0.05, 0) is 55.3 Å². The minimum absolute atomic E-state index is 0.345. The van der Waals surface area contributed by atoms with E-state index in [1.165, 1.54) is 13.2 Å². The summed E-state index contributed by atoms with van der Waals surface area (Å²) < 4.78 is 10.7. The molecule has 0 saturated heterocycles. The molecule has 1 amide bonds. The molecule has 0 aliphatic rings. The van der Waals surface area contributed by atoms with E-state index in [2.05, 4.69) is 30.0 Å². The van der Waals surface area contributed by atoms with Gasteiger partial charge in [-0.2, -0.15) is 0 Å². The molecule has 3 N–H and O–H groups in total. The topological polar surface area (TPSA) is 71.6 Å². The average Bonchev–Trinajstić information content (AvgIpc) is 2.59. The molecular weight excluding hydrogens is 374 g/mol. The molecule has 26 heavy (non-hydrogen) atoms. The summed E-state index contributed by atoms with van der Waals surface area (Å²) in [5.74, 6) is 1.23. The minimum atomic E-state index is -0.345. The summed E-state index contributed by atoms with van der Waals surface area (Å²) in [6, 6.07) is 3.44. The third-order valence-corrected chi connectivity index (χ3v) is 3.80. The van der Waals surface area contributed by atoms with Gasteiger partial charge in [0.1, 0.15) is 0 Å². The van der Waals surface area contributed by atoms with Gasteiger partial charge in [0.15, 0.2) is 16.6 Å². The molecule has 0 aliphatic carbocycles. The van der Waals surface area contributed by atoms with E-state index < -0.39 is 0 Å². The van der Waals surface area contributed by atoms with Gasteiger partial charge in [-0.1, -0.05) is 25.4 Å². The molecule has 0 fully saturated rings. The van der Waals surface area contributed by atoms with Crippen LogP contribution in [-0.4, -0.2) is 31.3 Å². The normalized spacial score (nSPS) is 10.7. The number of amides is 1. The van der Waals surface area contributed by atoms with E-state index >= 15 is 0 Å². The Morgan fingerprint density at radius 3 is 2.69 bits per heavy atom. The Bertz CT molecular complexity index is 651. The van der Waals surface area contributed by atoms with E-state index in [-0.39, 0.29) is 5.91 Å². The molecule has 0 aromatic heterocycles. The van der Waals surface area contributed by atoms with Crippen molar-refractivity contribution < 1.29 is 14.3 Å². The van der Waals surface area contributed by atoms with Crippen LogP contribution in [0.5, 0.6) is 11.5 Å². The first kappa shape index (κ1) is 22.1. The molecule has 0 aliphatic heterocycles. The summed E-state index contributed by atoms with van der Waals surface area (Å²) in [5.41, 5.74) is 5.86. The van der Waals surface area contributed by atoms with Crippen LogP contribution < -0.4 is 25.6 Å². The molecule has 1 aromatic carbocycles. The van der Waals surface area contributed by atoms with E-state index in [1.54, 1.807) is 18.2 Å². The number of benzene rings is 1. The second kappa shape index (κ2) is 11.6. The zero-order chi connectivity index (χ0) is 19.5. The van der Waals surface area contributed by atoms with Crippen molar-refractivity contribution in [2.45, 2.75) is 27.2 Å². The summed E-state index contributed by atoms with van der Waals surface area (Å²) in [6.07, 6.45) is 3.99. The van der Waals surface area contributed by atoms with Crippen LogP contribution in [0, 0.1) is 5.92 Å². The number of rotatable bonds is 8. The summed E-state index contributed by atoms with van der Waals surface area (Å²) in [6.45, 7) is 7.35. The lowest BCUT2D eigenvalue weighted by molar-refractivity contribution is -0.116. The maximum Gasteiger partial charge on any atom is 0.262 e. The fourth-order valence-corrected chi connectivity index (χ4v) is 2.40. The van der Waals surface area contributed by atoms with Crippen LogP contribution in [0.4, 0.5) is 0 Å². The fourth-order valence-electron chi connectivity index (χ4n) is 1.97. The lowest BCUT2D eigenvalue weighted by Crippen LogP contribution is -2.46. The van der Waals surface area contributed by atoms with Crippen LogP contribution in [0.25, 0.3) is 6.08 Å². The van der Waals surface area contributed by atoms with Gasteiger partial charge in [-0.25, -0.2) is 0 Å². The van der Waals surface area contributed by atoms with Gasteiger partial charge in [0.05, 0.1) is 18.7 Å². The highest BCUT2D eigenvalue weighted by atomic mass is 35.5. The van der Waals surface area contributed by atoms with E-state index in [0.29, 0.717) is 39.7 Å². The zero-order valence-corrected chi connectivity index (χ0v) is 17.1. The molecule has 0 atom stereocenters. The number of carbonyl (C=O) groups is 1. The van der Waals surface area contributed by atoms with Crippen molar-refractivity contribution in [3.63, 3.8) is 0 Å². The average molecular weight is 400 g/mol. The van der Waals surface area contributed by atoms with E-state index in [9.17, 15) is 4.79 Å². The molecule has 8 heteroatoms. The van der Waals surface area contributed by atoms with E-state index in [4.69, 9.17) is 33.3 Å². The van der Waals surface area contributed by atoms with Crippen molar-refractivity contribution in [2.75, 3.05) is 20.3 Å². The second-order valence-electron chi connectivity index (χ2n) is 5.85. The number of hydrazine groups is 1. The third kappa shape index (κ3) is 7.93. The monoisotopic (exact) mass is 399 g/mol. The largest absolute Gasteiger partial charge is 0.493 e. The Morgan fingerprint density at radius 2 is 2.08 bits per heavy atom. The lowest BCUT2D eigenvalue weighted by Gasteiger charge is -2.12. The summed E-state index contributed by atoms with van der Waals surface area (Å²) >= 11 is 11.3. The van der Waals surface area contributed by atoms with Crippen LogP contribution in [0.2, 0.25) is 5.02 Å². The summed E-state index contributed by atoms with van der Waals surface area (Å²) in [4.78, 5) is 11.9. The Morgan fingerprint density at radius 1 is 1.35 bits per heavy atom.